The van der Waals surface area contributed by atoms with Crippen LogP contribution in [0, 0.1) is 5.92 Å². The van der Waals surface area contributed by atoms with Crippen LogP contribution in [0.25, 0.3) is 0 Å². The van der Waals surface area contributed by atoms with Gasteiger partial charge in [0.05, 0.1) is 0 Å². The standard InChI is InChI=1S/C13H13BrO/c1-2-3-4-10-7-9-5-6-11(14)8-12(9)13(10)15/h2-3,5-6,8,10H,4,7H2,1H3/t10-/m0/s1. The van der Waals surface area contributed by atoms with Gasteiger partial charge in [-0.15, -0.1) is 0 Å². The number of fused-ring (bicyclic) bond motifs is 1. The van der Waals surface area contributed by atoms with Crippen LogP contribution in [0.2, 0.25) is 0 Å². The molecule has 1 aromatic carbocycles. The van der Waals surface area contributed by atoms with Crippen molar-refractivity contribution in [3.63, 3.8) is 0 Å². The van der Waals surface area contributed by atoms with E-state index in [2.05, 4.69) is 22.0 Å². The Bertz CT molecular complexity index is 421. The van der Waals surface area contributed by atoms with E-state index < -0.39 is 0 Å². The Kier molecular flexibility index (Phi) is 3.06. The van der Waals surface area contributed by atoms with Gasteiger partial charge in [-0.25, -0.2) is 0 Å². The van der Waals surface area contributed by atoms with Gasteiger partial charge in [-0.2, -0.15) is 0 Å². The highest BCUT2D eigenvalue weighted by molar-refractivity contribution is 9.10. The second kappa shape index (κ2) is 4.31. The molecule has 1 nitrogen and oxygen atoms in total. The first-order chi connectivity index (χ1) is 7.22. The van der Waals surface area contributed by atoms with Crippen LogP contribution in [-0.2, 0) is 6.42 Å². The maximum absolute atomic E-state index is 12.0. The number of hydrogen-bond donors (Lipinski definition) is 0. The molecule has 0 saturated carbocycles. The summed E-state index contributed by atoms with van der Waals surface area (Å²) >= 11 is 3.40. The molecule has 0 heterocycles. The number of carbonyl (C=O) groups excluding carboxylic acids is 1. The van der Waals surface area contributed by atoms with Crippen LogP contribution in [0.5, 0.6) is 0 Å². The lowest BCUT2D eigenvalue weighted by Crippen LogP contribution is -2.07. The topological polar surface area (TPSA) is 17.1 Å². The molecule has 0 amide bonds. The summed E-state index contributed by atoms with van der Waals surface area (Å²) in [6.07, 6.45) is 5.84. The van der Waals surface area contributed by atoms with E-state index in [0.29, 0.717) is 5.78 Å². The van der Waals surface area contributed by atoms with Crippen LogP contribution < -0.4 is 0 Å². The second-order valence-corrected chi connectivity index (χ2v) is 4.79. The SMILES string of the molecule is CC=CC[C@H]1Cc2ccc(Br)cc2C1=O. The summed E-state index contributed by atoms with van der Waals surface area (Å²) in [7, 11) is 0. The fourth-order valence-electron chi connectivity index (χ4n) is 2.02. The minimum absolute atomic E-state index is 0.158. The summed E-state index contributed by atoms with van der Waals surface area (Å²) in [4.78, 5) is 12.0. The van der Waals surface area contributed by atoms with Crippen molar-refractivity contribution in [2.45, 2.75) is 19.8 Å². The number of hydrogen-bond acceptors (Lipinski definition) is 1. The van der Waals surface area contributed by atoms with E-state index in [1.807, 2.05) is 31.2 Å². The third-order valence-corrected chi connectivity index (χ3v) is 3.32. The quantitative estimate of drug-likeness (QED) is 0.744. The molecule has 0 spiro atoms. The summed E-state index contributed by atoms with van der Waals surface area (Å²) in [6, 6.07) is 5.99. The molecule has 0 bridgehead atoms. The molecule has 15 heavy (non-hydrogen) atoms. The molecular formula is C13H13BrO. The van der Waals surface area contributed by atoms with Crippen molar-refractivity contribution in [3.05, 3.63) is 46.0 Å². The van der Waals surface area contributed by atoms with Gasteiger partial charge in [0, 0.05) is 16.0 Å². The molecule has 1 aliphatic rings. The predicted octanol–water partition coefficient (Wildman–Crippen LogP) is 3.77. The molecule has 0 radical (unpaired) electrons. The molecule has 0 saturated heterocycles. The van der Waals surface area contributed by atoms with Crippen molar-refractivity contribution in [1.29, 1.82) is 0 Å². The van der Waals surface area contributed by atoms with Crippen molar-refractivity contribution < 1.29 is 4.79 Å². The molecule has 2 heteroatoms. The minimum atomic E-state index is 0.158. The monoisotopic (exact) mass is 264 g/mol. The lowest BCUT2D eigenvalue weighted by Gasteiger charge is -2.01. The summed E-state index contributed by atoms with van der Waals surface area (Å²) < 4.78 is 0.987. The van der Waals surface area contributed by atoms with Crippen LogP contribution in [-0.4, -0.2) is 5.78 Å². The van der Waals surface area contributed by atoms with Gasteiger partial charge in [-0.1, -0.05) is 34.1 Å². The van der Waals surface area contributed by atoms with Gasteiger partial charge in [0.2, 0.25) is 0 Å². The Hall–Kier alpha value is -0.890. The molecule has 0 aromatic heterocycles. The number of Topliss-reactive ketones (excluding diaryl/α,β-unsaturated/α-hetero) is 1. The normalized spacial score (nSPS) is 19.9. The number of benzene rings is 1. The van der Waals surface area contributed by atoms with E-state index in [4.69, 9.17) is 0 Å². The minimum Gasteiger partial charge on any atom is -0.294 e. The van der Waals surface area contributed by atoms with Crippen LogP contribution in [0.4, 0.5) is 0 Å². The van der Waals surface area contributed by atoms with Gasteiger partial charge in [0.15, 0.2) is 5.78 Å². The maximum Gasteiger partial charge on any atom is 0.166 e. The number of halogens is 1. The Morgan fingerprint density at radius 1 is 1.53 bits per heavy atom. The Morgan fingerprint density at radius 2 is 2.33 bits per heavy atom. The molecule has 1 atom stereocenters. The van der Waals surface area contributed by atoms with Crippen LogP contribution in [0.3, 0.4) is 0 Å². The smallest absolute Gasteiger partial charge is 0.166 e. The molecule has 1 aromatic rings. The van der Waals surface area contributed by atoms with E-state index in [9.17, 15) is 4.79 Å². The first-order valence-corrected chi connectivity index (χ1v) is 5.95. The number of allylic oxidation sites excluding steroid dienone is 2. The molecule has 0 aliphatic heterocycles. The van der Waals surface area contributed by atoms with Gasteiger partial charge in [0.25, 0.3) is 0 Å². The van der Waals surface area contributed by atoms with Crippen LogP contribution in [0.1, 0.15) is 29.3 Å². The number of ketones is 1. The first-order valence-electron chi connectivity index (χ1n) is 5.16. The highest BCUT2D eigenvalue weighted by atomic mass is 79.9. The first kappa shape index (κ1) is 10.6. The summed E-state index contributed by atoms with van der Waals surface area (Å²) in [5, 5.41) is 0. The van der Waals surface area contributed by atoms with E-state index in [0.717, 1.165) is 22.9 Å². The van der Waals surface area contributed by atoms with Crippen LogP contribution >= 0.6 is 15.9 Å². The molecule has 0 fully saturated rings. The zero-order chi connectivity index (χ0) is 10.8. The lowest BCUT2D eigenvalue weighted by molar-refractivity contribution is 0.0938. The summed E-state index contributed by atoms with van der Waals surface area (Å²) in [6.45, 7) is 1.99. The fourth-order valence-corrected chi connectivity index (χ4v) is 2.39. The average Bonchev–Trinajstić information content (AvgIpc) is 2.53. The number of rotatable bonds is 2. The van der Waals surface area contributed by atoms with Gasteiger partial charge in [-0.3, -0.25) is 4.79 Å². The Balaban J connectivity index is 2.25. The zero-order valence-electron chi connectivity index (χ0n) is 8.66. The largest absolute Gasteiger partial charge is 0.294 e. The molecular weight excluding hydrogens is 252 g/mol. The Morgan fingerprint density at radius 3 is 3.07 bits per heavy atom. The second-order valence-electron chi connectivity index (χ2n) is 3.87. The Labute approximate surface area is 98.3 Å². The van der Waals surface area contributed by atoms with Gasteiger partial charge >= 0.3 is 0 Å². The molecule has 1 aliphatic carbocycles. The highest BCUT2D eigenvalue weighted by Gasteiger charge is 2.29. The molecule has 0 N–H and O–H groups in total. The fraction of sp³-hybridized carbons (Fsp3) is 0.308. The molecule has 0 unspecified atom stereocenters. The summed E-state index contributed by atoms with van der Waals surface area (Å²) in [5.41, 5.74) is 2.09. The third-order valence-electron chi connectivity index (χ3n) is 2.83. The number of carbonyl (C=O) groups is 1. The highest BCUT2D eigenvalue weighted by Crippen LogP contribution is 2.31. The van der Waals surface area contributed by atoms with Crippen molar-refractivity contribution >= 4 is 21.7 Å². The molecule has 2 rings (SSSR count). The van der Waals surface area contributed by atoms with E-state index in [1.165, 1.54) is 5.56 Å². The predicted molar refractivity (Wildman–Crippen MR) is 65.1 cm³/mol. The van der Waals surface area contributed by atoms with Crippen molar-refractivity contribution in [3.8, 4) is 0 Å². The van der Waals surface area contributed by atoms with E-state index in [-0.39, 0.29) is 5.92 Å². The van der Waals surface area contributed by atoms with Gasteiger partial charge in [-0.05, 0) is 37.5 Å². The third kappa shape index (κ3) is 2.05. The van der Waals surface area contributed by atoms with Crippen LogP contribution in [0.15, 0.2) is 34.8 Å². The van der Waals surface area contributed by atoms with Crippen molar-refractivity contribution in [1.82, 2.24) is 0 Å². The molecule has 78 valence electrons. The van der Waals surface area contributed by atoms with Crippen molar-refractivity contribution in [2.24, 2.45) is 5.92 Å². The maximum atomic E-state index is 12.0. The van der Waals surface area contributed by atoms with Gasteiger partial charge in [0.1, 0.15) is 0 Å². The van der Waals surface area contributed by atoms with Gasteiger partial charge < -0.3 is 0 Å². The van der Waals surface area contributed by atoms with E-state index in [1.54, 1.807) is 0 Å². The zero-order valence-corrected chi connectivity index (χ0v) is 10.3. The lowest BCUT2D eigenvalue weighted by atomic mass is 10.0. The average molecular weight is 265 g/mol. The summed E-state index contributed by atoms with van der Waals surface area (Å²) in [5.74, 6) is 0.454. The van der Waals surface area contributed by atoms with Crippen molar-refractivity contribution in [2.75, 3.05) is 0 Å². The van der Waals surface area contributed by atoms with E-state index >= 15 is 0 Å².